The molecule has 30 heavy (non-hydrogen) atoms. The third-order valence-electron chi connectivity index (χ3n) is 5.99. The summed E-state index contributed by atoms with van der Waals surface area (Å²) in [5.74, 6) is 0. The second kappa shape index (κ2) is 19.4. The summed E-state index contributed by atoms with van der Waals surface area (Å²) in [5.41, 5.74) is -1.94. The summed E-state index contributed by atoms with van der Waals surface area (Å²) in [7, 11) is 0. The molecule has 6 heteroatoms. The van der Waals surface area contributed by atoms with Gasteiger partial charge in [0.2, 0.25) is 0 Å². The van der Waals surface area contributed by atoms with E-state index in [4.69, 9.17) is 4.74 Å². The van der Waals surface area contributed by atoms with E-state index in [2.05, 4.69) is 13.8 Å². The molecule has 0 aliphatic carbocycles. The number of hydrogen-bond donors (Lipinski definition) is 5. The van der Waals surface area contributed by atoms with Crippen LogP contribution in [0.3, 0.4) is 0 Å². The van der Waals surface area contributed by atoms with E-state index in [1.165, 1.54) is 51.4 Å². The predicted octanol–water partition coefficient (Wildman–Crippen LogP) is 3.70. The van der Waals surface area contributed by atoms with Gasteiger partial charge < -0.3 is 30.3 Å². The van der Waals surface area contributed by atoms with Crippen LogP contribution in [-0.2, 0) is 4.74 Å². The molecule has 0 spiro atoms. The average Bonchev–Trinajstić information content (AvgIpc) is 2.75. The lowest BCUT2D eigenvalue weighted by Gasteiger charge is -2.38. The molecule has 182 valence electrons. The molecule has 0 aromatic rings. The molecule has 0 fully saturated rings. The van der Waals surface area contributed by atoms with Gasteiger partial charge in [-0.2, -0.15) is 0 Å². The van der Waals surface area contributed by atoms with Crippen molar-refractivity contribution >= 4 is 0 Å². The molecule has 0 rings (SSSR count). The zero-order valence-electron chi connectivity index (χ0n) is 19.6. The van der Waals surface area contributed by atoms with Gasteiger partial charge in [0.15, 0.2) is 0 Å². The summed E-state index contributed by atoms with van der Waals surface area (Å²) in [6.45, 7) is 4.09. The van der Waals surface area contributed by atoms with Crippen LogP contribution in [0, 0.1) is 0 Å². The smallest absolute Gasteiger partial charge is 0.121 e. The lowest BCUT2D eigenvalue weighted by Crippen LogP contribution is -2.58. The topological polar surface area (TPSA) is 110 Å². The molecule has 0 aromatic carbocycles. The SMILES string of the molecule is CCCCCCCCCOCC(O)C(O)C(O)(CCCCCCCCC)C(O)CO. The monoisotopic (exact) mass is 434 g/mol. The molecule has 0 saturated heterocycles. The Kier molecular flexibility index (Phi) is 19.3. The van der Waals surface area contributed by atoms with Gasteiger partial charge in [-0.25, -0.2) is 0 Å². The molecule has 5 N–H and O–H groups in total. The fourth-order valence-corrected chi connectivity index (χ4v) is 3.82. The Morgan fingerprint density at radius 3 is 1.67 bits per heavy atom. The van der Waals surface area contributed by atoms with Crippen LogP contribution in [0.25, 0.3) is 0 Å². The number of hydrogen-bond acceptors (Lipinski definition) is 6. The zero-order valence-corrected chi connectivity index (χ0v) is 19.6. The first-order valence-electron chi connectivity index (χ1n) is 12.4. The van der Waals surface area contributed by atoms with Gasteiger partial charge >= 0.3 is 0 Å². The van der Waals surface area contributed by atoms with E-state index in [1.807, 2.05) is 0 Å². The van der Waals surface area contributed by atoms with Crippen LogP contribution in [0.15, 0.2) is 0 Å². The normalized spacial score (nSPS) is 16.9. The van der Waals surface area contributed by atoms with E-state index >= 15 is 0 Å². The van der Waals surface area contributed by atoms with Gasteiger partial charge in [-0.15, -0.1) is 0 Å². The molecular formula is C24H50O6. The third-order valence-corrected chi connectivity index (χ3v) is 5.99. The summed E-state index contributed by atoms with van der Waals surface area (Å²) in [6.07, 6.45) is 11.2. The minimum atomic E-state index is -1.94. The average molecular weight is 435 g/mol. The first-order valence-corrected chi connectivity index (χ1v) is 12.4. The Labute approximate surface area is 184 Å². The number of aliphatic hydroxyl groups excluding tert-OH is 4. The quantitative estimate of drug-likeness (QED) is 0.166. The summed E-state index contributed by atoms with van der Waals surface area (Å²) < 4.78 is 5.47. The van der Waals surface area contributed by atoms with Crippen molar-refractivity contribution in [1.82, 2.24) is 0 Å². The highest BCUT2D eigenvalue weighted by Crippen LogP contribution is 2.26. The van der Waals surface area contributed by atoms with Crippen LogP contribution >= 0.6 is 0 Å². The van der Waals surface area contributed by atoms with Crippen LogP contribution in [0.5, 0.6) is 0 Å². The van der Waals surface area contributed by atoms with Gasteiger partial charge in [0.25, 0.3) is 0 Å². The van der Waals surface area contributed by atoms with E-state index in [-0.39, 0.29) is 13.0 Å². The van der Waals surface area contributed by atoms with Crippen molar-refractivity contribution in [2.45, 2.75) is 134 Å². The molecule has 6 nitrogen and oxygen atoms in total. The minimum Gasteiger partial charge on any atom is -0.394 e. The van der Waals surface area contributed by atoms with E-state index in [0.29, 0.717) is 13.0 Å². The third kappa shape index (κ3) is 13.2. The Bertz CT molecular complexity index is 368. The van der Waals surface area contributed by atoms with Gasteiger partial charge in [-0.3, -0.25) is 0 Å². The van der Waals surface area contributed by atoms with Crippen molar-refractivity contribution in [2.24, 2.45) is 0 Å². The lowest BCUT2D eigenvalue weighted by molar-refractivity contribution is -0.196. The Morgan fingerprint density at radius 2 is 1.17 bits per heavy atom. The van der Waals surface area contributed by atoms with E-state index in [0.717, 1.165) is 32.1 Å². The second-order valence-electron chi connectivity index (χ2n) is 8.77. The summed E-state index contributed by atoms with van der Waals surface area (Å²) >= 11 is 0. The first kappa shape index (κ1) is 29.8. The molecule has 0 bridgehead atoms. The van der Waals surface area contributed by atoms with Crippen molar-refractivity contribution in [3.05, 3.63) is 0 Å². The molecule has 0 aromatic heterocycles. The van der Waals surface area contributed by atoms with Gasteiger partial charge in [-0.05, 0) is 12.8 Å². The highest BCUT2D eigenvalue weighted by molar-refractivity contribution is 4.96. The predicted molar refractivity (Wildman–Crippen MR) is 121 cm³/mol. The molecule has 0 radical (unpaired) electrons. The van der Waals surface area contributed by atoms with Crippen molar-refractivity contribution < 1.29 is 30.3 Å². The first-order chi connectivity index (χ1) is 14.4. The van der Waals surface area contributed by atoms with Crippen LogP contribution in [0.4, 0.5) is 0 Å². The number of ether oxygens (including phenoxy) is 1. The molecule has 0 amide bonds. The fraction of sp³-hybridized carbons (Fsp3) is 1.00. The van der Waals surface area contributed by atoms with Gasteiger partial charge in [0.1, 0.15) is 23.9 Å². The van der Waals surface area contributed by atoms with Crippen molar-refractivity contribution in [2.75, 3.05) is 19.8 Å². The molecule has 0 aliphatic rings. The summed E-state index contributed by atoms with van der Waals surface area (Å²) in [6, 6.07) is 0. The van der Waals surface area contributed by atoms with Crippen molar-refractivity contribution in [3.8, 4) is 0 Å². The zero-order chi connectivity index (χ0) is 22.7. The van der Waals surface area contributed by atoms with Gasteiger partial charge in [0.05, 0.1) is 13.2 Å². The van der Waals surface area contributed by atoms with Crippen LogP contribution in [0.1, 0.15) is 110 Å². The standard InChI is InChI=1S/C24H50O6/c1-3-5-7-9-11-13-15-17-24(29,22(27)19-25)23(28)21(26)20-30-18-16-14-12-10-8-6-4-2/h21-23,25-29H,3-20H2,1-2H3. The molecule has 4 unspecified atom stereocenters. The van der Waals surface area contributed by atoms with Crippen LogP contribution in [-0.4, -0.2) is 69.3 Å². The minimum absolute atomic E-state index is 0.103. The maximum Gasteiger partial charge on any atom is 0.121 e. The molecule has 0 heterocycles. The summed E-state index contributed by atoms with van der Waals surface area (Å²) in [5, 5.41) is 51.0. The van der Waals surface area contributed by atoms with E-state index in [1.54, 1.807) is 0 Å². The fourth-order valence-electron chi connectivity index (χ4n) is 3.82. The van der Waals surface area contributed by atoms with Crippen LogP contribution in [0.2, 0.25) is 0 Å². The number of unbranched alkanes of at least 4 members (excludes halogenated alkanes) is 12. The van der Waals surface area contributed by atoms with Crippen LogP contribution < -0.4 is 0 Å². The Balaban J connectivity index is 4.21. The van der Waals surface area contributed by atoms with Gasteiger partial charge in [0, 0.05) is 6.61 Å². The van der Waals surface area contributed by atoms with Crippen molar-refractivity contribution in [3.63, 3.8) is 0 Å². The van der Waals surface area contributed by atoms with Crippen molar-refractivity contribution in [1.29, 1.82) is 0 Å². The number of aliphatic hydroxyl groups is 5. The molecule has 4 atom stereocenters. The highest BCUT2D eigenvalue weighted by Gasteiger charge is 2.45. The second-order valence-corrected chi connectivity index (χ2v) is 8.77. The molecule has 0 saturated carbocycles. The number of rotatable bonds is 22. The maximum absolute atomic E-state index is 10.8. The Hall–Kier alpha value is -0.240. The van der Waals surface area contributed by atoms with Gasteiger partial charge in [-0.1, -0.05) is 97.3 Å². The van der Waals surface area contributed by atoms with E-state index < -0.39 is 30.5 Å². The maximum atomic E-state index is 10.8. The molecular weight excluding hydrogens is 384 g/mol. The van der Waals surface area contributed by atoms with E-state index in [9.17, 15) is 25.5 Å². The summed E-state index contributed by atoms with van der Waals surface area (Å²) in [4.78, 5) is 0. The molecule has 0 aliphatic heterocycles. The Morgan fingerprint density at radius 1 is 0.700 bits per heavy atom. The lowest BCUT2D eigenvalue weighted by atomic mass is 9.82. The highest BCUT2D eigenvalue weighted by atomic mass is 16.5. The largest absolute Gasteiger partial charge is 0.394 e.